The third-order valence-electron chi connectivity index (χ3n) is 3.68. The number of anilines is 1. The molecule has 21 heavy (non-hydrogen) atoms. The Hall–Kier alpha value is -2.22. The minimum Gasteiger partial charge on any atom is -0.395 e. The number of aromatic nitrogens is 1. The number of carbonyl (C=O) groups excluding carboxylic acids is 1. The van der Waals surface area contributed by atoms with Gasteiger partial charge in [0.1, 0.15) is 17.6 Å². The Bertz CT molecular complexity index is 545. The highest BCUT2D eigenvalue weighted by Crippen LogP contribution is 2.28. The highest BCUT2D eigenvalue weighted by molar-refractivity contribution is 5.99. The van der Waals surface area contributed by atoms with Crippen molar-refractivity contribution in [1.29, 1.82) is 0 Å². The third-order valence-corrected chi connectivity index (χ3v) is 3.68. The smallest absolute Gasteiger partial charge is 0.300 e. The van der Waals surface area contributed by atoms with Gasteiger partial charge in [-0.25, -0.2) is 4.98 Å². The average Bonchev–Trinajstić information content (AvgIpc) is 2.43. The molecule has 8 heteroatoms. The molecule has 2 N–H and O–H groups in total. The van der Waals surface area contributed by atoms with Crippen molar-refractivity contribution in [2.45, 2.75) is 25.3 Å². The average molecular weight is 294 g/mol. The molecule has 1 aliphatic rings. The maximum absolute atomic E-state index is 12.6. The van der Waals surface area contributed by atoms with Crippen molar-refractivity contribution >= 4 is 17.4 Å². The summed E-state index contributed by atoms with van der Waals surface area (Å²) in [4.78, 5) is 28.5. The largest absolute Gasteiger partial charge is 0.395 e. The summed E-state index contributed by atoms with van der Waals surface area (Å²) >= 11 is 0. The molecule has 0 saturated heterocycles. The SMILES string of the molecule is CNc1cc(C(=O)N(CCO)C2CCC2)c([N+](=O)[O-])cn1. The van der Waals surface area contributed by atoms with E-state index in [1.807, 2.05) is 0 Å². The van der Waals surface area contributed by atoms with E-state index >= 15 is 0 Å². The number of nitrogens with one attached hydrogen (secondary N) is 1. The summed E-state index contributed by atoms with van der Waals surface area (Å²) in [6, 6.07) is 1.43. The van der Waals surface area contributed by atoms with Gasteiger partial charge in [0.05, 0.1) is 11.5 Å². The fourth-order valence-electron chi connectivity index (χ4n) is 2.31. The van der Waals surface area contributed by atoms with E-state index in [0.29, 0.717) is 5.82 Å². The van der Waals surface area contributed by atoms with Crippen LogP contribution in [0.1, 0.15) is 29.6 Å². The zero-order valence-corrected chi connectivity index (χ0v) is 11.8. The molecule has 0 bridgehead atoms. The highest BCUT2D eigenvalue weighted by Gasteiger charge is 2.32. The summed E-state index contributed by atoms with van der Waals surface area (Å²) in [7, 11) is 1.62. The normalized spacial score (nSPS) is 14.4. The number of carbonyl (C=O) groups is 1. The summed E-state index contributed by atoms with van der Waals surface area (Å²) in [6.07, 6.45) is 3.84. The summed E-state index contributed by atoms with van der Waals surface area (Å²) in [5, 5.41) is 23.0. The Labute approximate surface area is 121 Å². The molecule has 0 radical (unpaired) electrons. The summed E-state index contributed by atoms with van der Waals surface area (Å²) in [6.45, 7) is 0.0118. The zero-order chi connectivity index (χ0) is 15.4. The first-order chi connectivity index (χ1) is 10.1. The molecule has 1 heterocycles. The van der Waals surface area contributed by atoms with E-state index < -0.39 is 10.8 Å². The second-order valence-corrected chi connectivity index (χ2v) is 4.90. The van der Waals surface area contributed by atoms with Crippen molar-refractivity contribution in [3.05, 3.63) is 27.9 Å². The molecule has 1 fully saturated rings. The number of rotatable bonds is 6. The molecule has 1 amide bonds. The molecule has 114 valence electrons. The maximum Gasteiger partial charge on any atom is 0.300 e. The fourth-order valence-corrected chi connectivity index (χ4v) is 2.31. The fraction of sp³-hybridized carbons (Fsp3) is 0.538. The highest BCUT2D eigenvalue weighted by atomic mass is 16.6. The second kappa shape index (κ2) is 6.49. The van der Waals surface area contributed by atoms with Crippen LogP contribution in [0.25, 0.3) is 0 Å². The van der Waals surface area contributed by atoms with E-state index in [9.17, 15) is 14.9 Å². The zero-order valence-electron chi connectivity index (χ0n) is 11.8. The van der Waals surface area contributed by atoms with Gasteiger partial charge in [-0.15, -0.1) is 0 Å². The Morgan fingerprint density at radius 3 is 2.81 bits per heavy atom. The number of nitro groups is 1. The predicted molar refractivity (Wildman–Crippen MR) is 76.2 cm³/mol. The van der Waals surface area contributed by atoms with Gasteiger partial charge in [0.2, 0.25) is 0 Å². The molecule has 0 unspecified atom stereocenters. The number of hydrogen-bond acceptors (Lipinski definition) is 6. The molecule has 1 aromatic rings. The van der Waals surface area contributed by atoms with Crippen LogP contribution in [-0.4, -0.2) is 52.1 Å². The number of amides is 1. The summed E-state index contributed by atoms with van der Waals surface area (Å²) < 4.78 is 0. The van der Waals surface area contributed by atoms with Crippen molar-refractivity contribution in [2.75, 3.05) is 25.5 Å². The Morgan fingerprint density at radius 2 is 2.33 bits per heavy atom. The lowest BCUT2D eigenvalue weighted by Gasteiger charge is -2.37. The Morgan fingerprint density at radius 1 is 1.62 bits per heavy atom. The van der Waals surface area contributed by atoms with Gasteiger partial charge in [-0.1, -0.05) is 0 Å². The van der Waals surface area contributed by atoms with E-state index in [0.717, 1.165) is 25.5 Å². The molecule has 0 atom stereocenters. The first kappa shape index (κ1) is 15.2. The molecule has 2 rings (SSSR count). The van der Waals surface area contributed by atoms with E-state index in [1.165, 1.54) is 11.0 Å². The Balaban J connectivity index is 2.36. The standard InChI is InChI=1S/C13H18N4O4/c1-14-12-7-10(11(8-15-12)17(20)21)13(19)16(5-6-18)9-3-2-4-9/h7-9,18H,2-6H2,1H3,(H,14,15). The number of hydrogen-bond donors (Lipinski definition) is 2. The van der Waals surface area contributed by atoms with Crippen molar-refractivity contribution in [3.8, 4) is 0 Å². The van der Waals surface area contributed by atoms with E-state index in [4.69, 9.17) is 5.11 Å². The number of pyridine rings is 1. The summed E-state index contributed by atoms with van der Waals surface area (Å²) in [5.41, 5.74) is -0.319. The van der Waals surface area contributed by atoms with Crippen LogP contribution in [0.2, 0.25) is 0 Å². The molecular weight excluding hydrogens is 276 g/mol. The third kappa shape index (κ3) is 3.10. The van der Waals surface area contributed by atoms with Gasteiger partial charge >= 0.3 is 0 Å². The van der Waals surface area contributed by atoms with Gasteiger partial charge in [0, 0.05) is 25.7 Å². The lowest BCUT2D eigenvalue weighted by atomic mass is 9.91. The lowest BCUT2D eigenvalue weighted by Crippen LogP contribution is -2.45. The van der Waals surface area contributed by atoms with E-state index in [1.54, 1.807) is 7.05 Å². The first-order valence-corrected chi connectivity index (χ1v) is 6.82. The quantitative estimate of drug-likeness (QED) is 0.599. The first-order valence-electron chi connectivity index (χ1n) is 6.82. The van der Waals surface area contributed by atoms with Crippen LogP contribution in [0.4, 0.5) is 11.5 Å². The van der Waals surface area contributed by atoms with Crippen molar-refractivity contribution in [2.24, 2.45) is 0 Å². The molecule has 8 nitrogen and oxygen atoms in total. The Kier molecular flexibility index (Phi) is 4.69. The van der Waals surface area contributed by atoms with Crippen molar-refractivity contribution in [3.63, 3.8) is 0 Å². The van der Waals surface area contributed by atoms with Crippen LogP contribution in [0.3, 0.4) is 0 Å². The number of aliphatic hydroxyl groups is 1. The molecule has 1 aromatic heterocycles. The molecule has 0 spiro atoms. The molecule has 1 saturated carbocycles. The van der Waals surface area contributed by atoms with Crippen LogP contribution >= 0.6 is 0 Å². The van der Waals surface area contributed by atoms with Gasteiger partial charge < -0.3 is 15.3 Å². The van der Waals surface area contributed by atoms with E-state index in [2.05, 4.69) is 10.3 Å². The van der Waals surface area contributed by atoms with Crippen molar-refractivity contribution in [1.82, 2.24) is 9.88 Å². The molecular formula is C13H18N4O4. The molecule has 1 aliphatic carbocycles. The summed E-state index contributed by atoms with van der Waals surface area (Å²) in [5.74, 6) is -0.0409. The monoisotopic (exact) mass is 294 g/mol. The minimum absolute atomic E-state index is 0.000278. The topological polar surface area (TPSA) is 109 Å². The van der Waals surface area contributed by atoms with Crippen molar-refractivity contribution < 1.29 is 14.8 Å². The van der Waals surface area contributed by atoms with Gasteiger partial charge in [-0.2, -0.15) is 0 Å². The van der Waals surface area contributed by atoms with Crippen LogP contribution in [0.5, 0.6) is 0 Å². The predicted octanol–water partition coefficient (Wildman–Crippen LogP) is 1.02. The number of aliphatic hydroxyl groups excluding tert-OH is 1. The van der Waals surface area contributed by atoms with Gasteiger partial charge in [-0.05, 0) is 19.3 Å². The van der Waals surface area contributed by atoms with Gasteiger partial charge in [0.25, 0.3) is 11.6 Å². The van der Waals surface area contributed by atoms with Gasteiger partial charge in [0.15, 0.2) is 0 Å². The van der Waals surface area contributed by atoms with Crippen LogP contribution in [0, 0.1) is 10.1 Å². The minimum atomic E-state index is -0.614. The number of nitrogens with zero attached hydrogens (tertiary/aromatic N) is 3. The van der Waals surface area contributed by atoms with Crippen LogP contribution < -0.4 is 5.32 Å². The second-order valence-electron chi connectivity index (χ2n) is 4.90. The lowest BCUT2D eigenvalue weighted by molar-refractivity contribution is -0.385. The van der Waals surface area contributed by atoms with Gasteiger partial charge in [-0.3, -0.25) is 14.9 Å². The molecule has 0 aliphatic heterocycles. The maximum atomic E-state index is 12.6. The molecule has 0 aromatic carbocycles. The van der Waals surface area contributed by atoms with E-state index in [-0.39, 0.29) is 30.4 Å². The van der Waals surface area contributed by atoms with Crippen LogP contribution in [-0.2, 0) is 0 Å². The van der Waals surface area contributed by atoms with Crippen LogP contribution in [0.15, 0.2) is 12.3 Å².